The van der Waals surface area contributed by atoms with E-state index in [0.29, 0.717) is 45.6 Å². The molecule has 6 rings (SSSR count). The summed E-state index contributed by atoms with van der Waals surface area (Å²) in [6.07, 6.45) is 9.61. The zero-order valence-electron chi connectivity index (χ0n) is 32.0. The minimum atomic E-state index is -0.458. The van der Waals surface area contributed by atoms with Crippen LogP contribution in [0.2, 0.25) is 10.0 Å². The zero-order chi connectivity index (χ0) is 38.1. The van der Waals surface area contributed by atoms with Crippen LogP contribution in [0.15, 0.2) is 24.5 Å². The standard InChI is InChI=1S/C22H32ClN5O2.C17H24ClN5/c1-6-17-15-27(20-19(23)13-16(24-5)14-25-20)11-12-28(17)18-7-9-26(10-8-18)21(29)30-22(2,3)4;1-3-14-12-22(17-16(18)10-13(19-2)11-21-17)8-9-23(14)15-4-6-20-7-5-15/h13-14,17-18H,6-12,15H2,1-4H3;10-11,14-15,20H,3-9,12H2,1H3/t17-;14-/m00/s1. The van der Waals surface area contributed by atoms with Crippen molar-refractivity contribution in [3.63, 3.8) is 0 Å². The summed E-state index contributed by atoms with van der Waals surface area (Å²) in [5.74, 6) is 1.59. The molecule has 1 amide bonds. The lowest BCUT2D eigenvalue weighted by Crippen LogP contribution is -2.59. The Hall–Kier alpha value is -3.39. The van der Waals surface area contributed by atoms with Crippen molar-refractivity contribution in [1.29, 1.82) is 0 Å². The summed E-state index contributed by atoms with van der Waals surface area (Å²) in [6, 6.07) is 5.55. The molecule has 0 aromatic carbocycles. The number of amides is 1. The van der Waals surface area contributed by atoms with Gasteiger partial charge in [-0.05, 0) is 84.5 Å². The highest BCUT2D eigenvalue weighted by Gasteiger charge is 2.36. The molecule has 4 fully saturated rings. The number of rotatable bonds is 6. The largest absolute Gasteiger partial charge is 0.444 e. The molecule has 2 aromatic rings. The topological polar surface area (TPSA) is 89.0 Å². The molecule has 53 heavy (non-hydrogen) atoms. The third kappa shape index (κ3) is 10.6. The number of ether oxygens (including phenoxy) is 1. The van der Waals surface area contributed by atoms with Crippen molar-refractivity contribution in [1.82, 2.24) is 30.0 Å². The second-order valence-electron chi connectivity index (χ2n) is 15.4. The summed E-state index contributed by atoms with van der Waals surface area (Å²) in [5, 5.41) is 4.58. The van der Waals surface area contributed by atoms with Gasteiger partial charge in [0.05, 0.1) is 23.2 Å². The lowest BCUT2D eigenvalue weighted by molar-refractivity contribution is 0.00944. The Morgan fingerprint density at radius 3 is 1.64 bits per heavy atom. The molecule has 14 heteroatoms. The molecular formula is C39H56Cl2N10O2. The molecule has 0 unspecified atom stereocenters. The first-order valence-electron chi connectivity index (χ1n) is 19.2. The van der Waals surface area contributed by atoms with Crippen LogP contribution in [0.3, 0.4) is 0 Å². The number of likely N-dealkylation sites (tertiary alicyclic amines) is 1. The molecule has 2 aromatic heterocycles. The fraction of sp³-hybridized carbons (Fsp3) is 0.667. The van der Waals surface area contributed by atoms with Crippen molar-refractivity contribution in [2.45, 2.75) is 103 Å². The number of anilines is 2. The second kappa shape index (κ2) is 18.8. The minimum Gasteiger partial charge on any atom is -0.444 e. The highest BCUT2D eigenvalue weighted by atomic mass is 35.5. The number of aromatic nitrogens is 2. The van der Waals surface area contributed by atoms with Crippen molar-refractivity contribution in [2.24, 2.45) is 0 Å². The number of hydrogen-bond donors (Lipinski definition) is 1. The van der Waals surface area contributed by atoms with E-state index in [0.717, 1.165) is 103 Å². The Morgan fingerprint density at radius 2 is 1.25 bits per heavy atom. The number of nitrogens with one attached hydrogen (secondary N) is 1. The predicted molar refractivity (Wildman–Crippen MR) is 214 cm³/mol. The van der Waals surface area contributed by atoms with E-state index in [1.165, 1.54) is 12.8 Å². The maximum Gasteiger partial charge on any atom is 0.410 e. The maximum atomic E-state index is 12.3. The number of hydrogen-bond acceptors (Lipinski definition) is 9. The third-order valence-corrected chi connectivity index (χ3v) is 11.4. The predicted octanol–water partition coefficient (Wildman–Crippen LogP) is 7.52. The van der Waals surface area contributed by atoms with Crippen LogP contribution in [-0.2, 0) is 4.74 Å². The van der Waals surface area contributed by atoms with E-state index in [2.05, 4.69) is 58.4 Å². The van der Waals surface area contributed by atoms with E-state index in [1.807, 2.05) is 25.7 Å². The van der Waals surface area contributed by atoms with Crippen LogP contribution in [0, 0.1) is 13.1 Å². The minimum absolute atomic E-state index is 0.207. The molecule has 4 aliphatic heterocycles. The highest BCUT2D eigenvalue weighted by molar-refractivity contribution is 6.33. The maximum absolute atomic E-state index is 12.3. The van der Waals surface area contributed by atoms with Gasteiger partial charge in [-0.1, -0.05) is 37.0 Å². The molecule has 4 aliphatic rings. The number of carbonyl (C=O) groups excluding carboxylic acids is 1. The molecule has 0 saturated carbocycles. The number of piperazine rings is 2. The molecule has 0 radical (unpaired) electrons. The van der Waals surface area contributed by atoms with E-state index in [-0.39, 0.29) is 6.09 Å². The molecule has 0 aliphatic carbocycles. The fourth-order valence-electron chi connectivity index (χ4n) is 8.09. The van der Waals surface area contributed by atoms with Crippen LogP contribution < -0.4 is 15.1 Å². The van der Waals surface area contributed by atoms with Gasteiger partial charge in [0.25, 0.3) is 0 Å². The number of nitrogens with zero attached hydrogens (tertiary/aromatic N) is 9. The van der Waals surface area contributed by atoms with Gasteiger partial charge in [0, 0.05) is 88.9 Å². The van der Waals surface area contributed by atoms with Crippen LogP contribution in [0.25, 0.3) is 9.69 Å². The quantitative estimate of drug-likeness (QED) is 0.300. The molecule has 1 N–H and O–H groups in total. The van der Waals surface area contributed by atoms with E-state index in [9.17, 15) is 4.79 Å². The van der Waals surface area contributed by atoms with Gasteiger partial charge in [0.15, 0.2) is 0 Å². The van der Waals surface area contributed by atoms with Gasteiger partial charge in [-0.15, -0.1) is 0 Å². The SMILES string of the molecule is [C-]#[N+]c1cnc(N2CCN(C3CCN(C(=O)OC(C)(C)C)CC3)[C@@H](CC)C2)c(Cl)c1.[C-]#[N+]c1cnc(N2CCN(C3CCNCC3)[C@@H](CC)C2)c(Cl)c1. The fourth-order valence-corrected chi connectivity index (χ4v) is 8.65. The lowest BCUT2D eigenvalue weighted by atomic mass is 9.98. The summed E-state index contributed by atoms with van der Waals surface area (Å²) in [6.45, 7) is 33.7. The van der Waals surface area contributed by atoms with Gasteiger partial charge in [-0.3, -0.25) is 9.80 Å². The Labute approximate surface area is 326 Å². The van der Waals surface area contributed by atoms with E-state index in [4.69, 9.17) is 41.1 Å². The molecule has 0 bridgehead atoms. The molecule has 6 heterocycles. The molecule has 0 spiro atoms. The summed E-state index contributed by atoms with van der Waals surface area (Å²) in [7, 11) is 0. The van der Waals surface area contributed by atoms with Crippen LogP contribution in [0.4, 0.5) is 27.8 Å². The highest BCUT2D eigenvalue weighted by Crippen LogP contribution is 2.33. The van der Waals surface area contributed by atoms with Crippen molar-refractivity contribution >= 4 is 52.3 Å². The number of carbonyl (C=O) groups is 1. The van der Waals surface area contributed by atoms with E-state index < -0.39 is 5.60 Å². The molecule has 12 nitrogen and oxygen atoms in total. The molecule has 2 atom stereocenters. The van der Waals surface area contributed by atoms with Gasteiger partial charge in [0.1, 0.15) is 17.2 Å². The Morgan fingerprint density at radius 1 is 0.792 bits per heavy atom. The second-order valence-corrected chi connectivity index (χ2v) is 16.2. The van der Waals surface area contributed by atoms with E-state index >= 15 is 0 Å². The van der Waals surface area contributed by atoms with Crippen molar-refractivity contribution in [3.05, 3.63) is 57.4 Å². The Kier molecular flexibility index (Phi) is 14.4. The number of piperidine rings is 2. The van der Waals surface area contributed by atoms with E-state index in [1.54, 1.807) is 24.5 Å². The van der Waals surface area contributed by atoms with Crippen molar-refractivity contribution in [2.75, 3.05) is 75.2 Å². The molecule has 288 valence electrons. The Bertz CT molecular complexity index is 1610. The average Bonchev–Trinajstić information content (AvgIpc) is 3.17. The van der Waals surface area contributed by atoms with Crippen LogP contribution in [-0.4, -0.2) is 126 Å². The number of pyridine rings is 2. The zero-order valence-corrected chi connectivity index (χ0v) is 33.5. The van der Waals surface area contributed by atoms with Gasteiger partial charge in [-0.2, -0.15) is 0 Å². The average molecular weight is 768 g/mol. The first-order chi connectivity index (χ1) is 25.4. The monoisotopic (exact) mass is 766 g/mol. The van der Waals surface area contributed by atoms with Gasteiger partial charge in [0.2, 0.25) is 11.4 Å². The van der Waals surface area contributed by atoms with Crippen LogP contribution >= 0.6 is 23.2 Å². The van der Waals surface area contributed by atoms with Crippen molar-refractivity contribution in [3.8, 4) is 0 Å². The first kappa shape index (κ1) is 40.8. The lowest BCUT2D eigenvalue weighted by Gasteiger charge is -2.47. The summed E-state index contributed by atoms with van der Waals surface area (Å²) >= 11 is 12.7. The van der Waals surface area contributed by atoms with Crippen LogP contribution in [0.5, 0.6) is 0 Å². The number of halogens is 2. The van der Waals surface area contributed by atoms with Gasteiger partial charge < -0.3 is 24.8 Å². The third-order valence-electron chi connectivity index (χ3n) is 10.8. The molecular weight excluding hydrogens is 711 g/mol. The molecule has 4 saturated heterocycles. The van der Waals surface area contributed by atoms with Gasteiger partial charge in [-0.25, -0.2) is 24.5 Å². The van der Waals surface area contributed by atoms with Gasteiger partial charge >= 0.3 is 6.09 Å². The summed E-state index contributed by atoms with van der Waals surface area (Å²) in [5.41, 5.74) is 0.505. The summed E-state index contributed by atoms with van der Waals surface area (Å²) < 4.78 is 5.52. The first-order valence-corrected chi connectivity index (χ1v) is 20.0. The van der Waals surface area contributed by atoms with Crippen molar-refractivity contribution < 1.29 is 9.53 Å². The smallest absolute Gasteiger partial charge is 0.410 e. The Balaban J connectivity index is 0.000000211. The normalized spacial score (nSPS) is 22.4. The van der Waals surface area contributed by atoms with Crippen LogP contribution in [0.1, 0.15) is 73.1 Å². The summed E-state index contributed by atoms with van der Waals surface area (Å²) in [4.78, 5) is 39.6.